The van der Waals surface area contributed by atoms with Crippen LogP contribution in [0.2, 0.25) is 0 Å². The summed E-state index contributed by atoms with van der Waals surface area (Å²) in [6.07, 6.45) is 2.14. The minimum atomic E-state index is -0.593. The monoisotopic (exact) mass is 253 g/mol. The van der Waals surface area contributed by atoms with Crippen LogP contribution in [-0.2, 0) is 4.74 Å². The van der Waals surface area contributed by atoms with Crippen molar-refractivity contribution in [2.24, 2.45) is 5.92 Å². The molecule has 0 aromatic carbocycles. The van der Waals surface area contributed by atoms with Crippen LogP contribution in [0.1, 0.15) is 6.42 Å². The molecular weight excluding hydrogens is 238 g/mol. The lowest BCUT2D eigenvalue weighted by atomic mass is 10.1. The van der Waals surface area contributed by atoms with E-state index in [2.05, 4.69) is 9.97 Å². The van der Waals surface area contributed by atoms with E-state index in [1.807, 2.05) is 11.9 Å². The van der Waals surface area contributed by atoms with E-state index in [0.717, 1.165) is 32.4 Å². The van der Waals surface area contributed by atoms with Crippen LogP contribution >= 0.6 is 0 Å². The number of anilines is 2. The number of nitrogens with two attached hydrogens (primary N) is 1. The highest BCUT2D eigenvalue weighted by Crippen LogP contribution is 2.21. The molecule has 0 aliphatic carbocycles. The Hall–Kier alpha value is -1.96. The molecule has 18 heavy (non-hydrogen) atoms. The number of nitro groups is 1. The van der Waals surface area contributed by atoms with Crippen molar-refractivity contribution in [3.05, 3.63) is 16.3 Å². The van der Waals surface area contributed by atoms with Crippen molar-refractivity contribution in [2.45, 2.75) is 6.42 Å². The summed E-state index contributed by atoms with van der Waals surface area (Å²) in [6.45, 7) is 2.26. The first-order valence-corrected chi connectivity index (χ1v) is 5.63. The number of rotatable bonds is 4. The summed E-state index contributed by atoms with van der Waals surface area (Å²) in [7, 11) is 1.83. The molecule has 0 unspecified atom stereocenters. The number of nitrogens with zero attached hydrogens (tertiary/aromatic N) is 4. The van der Waals surface area contributed by atoms with E-state index in [-0.39, 0.29) is 11.5 Å². The molecule has 0 saturated carbocycles. The lowest BCUT2D eigenvalue weighted by molar-refractivity contribution is -0.384. The van der Waals surface area contributed by atoms with Crippen LogP contribution in [0.25, 0.3) is 0 Å². The van der Waals surface area contributed by atoms with E-state index in [9.17, 15) is 10.1 Å². The minimum absolute atomic E-state index is 0.112. The fourth-order valence-electron chi connectivity index (χ4n) is 1.90. The Morgan fingerprint density at radius 2 is 2.50 bits per heavy atom. The van der Waals surface area contributed by atoms with Gasteiger partial charge in [-0.25, -0.2) is 4.98 Å². The smallest absolute Gasteiger partial charge is 0.329 e. The van der Waals surface area contributed by atoms with Crippen molar-refractivity contribution < 1.29 is 9.66 Å². The van der Waals surface area contributed by atoms with Gasteiger partial charge in [0.1, 0.15) is 6.20 Å². The fraction of sp³-hybridized carbons (Fsp3) is 0.600. The Bertz CT molecular complexity index is 447. The summed E-state index contributed by atoms with van der Waals surface area (Å²) < 4.78 is 5.29. The molecule has 0 bridgehead atoms. The molecule has 2 heterocycles. The highest BCUT2D eigenvalue weighted by Gasteiger charge is 2.20. The highest BCUT2D eigenvalue weighted by molar-refractivity contribution is 5.53. The molecule has 1 aromatic rings. The lowest BCUT2D eigenvalue weighted by Gasteiger charge is -2.20. The third-order valence-electron chi connectivity index (χ3n) is 2.88. The first-order valence-electron chi connectivity index (χ1n) is 5.63. The number of nitrogen functional groups attached to an aromatic ring is 1. The Labute approximate surface area is 104 Å². The maximum absolute atomic E-state index is 10.6. The van der Waals surface area contributed by atoms with Crippen molar-refractivity contribution >= 4 is 17.5 Å². The summed E-state index contributed by atoms with van der Waals surface area (Å²) in [6, 6.07) is 0. The predicted molar refractivity (Wildman–Crippen MR) is 65.3 cm³/mol. The first kappa shape index (κ1) is 12.5. The van der Waals surface area contributed by atoms with Crippen molar-refractivity contribution in [3.8, 4) is 0 Å². The Morgan fingerprint density at radius 1 is 1.72 bits per heavy atom. The summed E-state index contributed by atoms with van der Waals surface area (Å²) in [5.41, 5.74) is 5.26. The van der Waals surface area contributed by atoms with Gasteiger partial charge in [-0.1, -0.05) is 0 Å². The van der Waals surface area contributed by atoms with Crippen LogP contribution < -0.4 is 10.6 Å². The Balaban J connectivity index is 2.08. The summed E-state index contributed by atoms with van der Waals surface area (Å²) >= 11 is 0. The average molecular weight is 253 g/mol. The van der Waals surface area contributed by atoms with Gasteiger partial charge in [-0.3, -0.25) is 10.1 Å². The molecule has 8 heteroatoms. The summed E-state index contributed by atoms with van der Waals surface area (Å²) in [5, 5.41) is 10.6. The molecule has 1 fully saturated rings. The van der Waals surface area contributed by atoms with Gasteiger partial charge in [0, 0.05) is 26.1 Å². The quantitative estimate of drug-likeness (QED) is 0.612. The van der Waals surface area contributed by atoms with Crippen molar-refractivity contribution in [2.75, 3.05) is 37.4 Å². The van der Waals surface area contributed by atoms with E-state index < -0.39 is 4.92 Å². The van der Waals surface area contributed by atoms with E-state index >= 15 is 0 Å². The zero-order valence-corrected chi connectivity index (χ0v) is 10.1. The third-order valence-corrected chi connectivity index (χ3v) is 2.88. The Kier molecular flexibility index (Phi) is 3.56. The maximum atomic E-state index is 10.6. The van der Waals surface area contributed by atoms with Gasteiger partial charge in [0.05, 0.1) is 11.5 Å². The molecular formula is C10H15N5O3. The third kappa shape index (κ3) is 2.65. The van der Waals surface area contributed by atoms with E-state index in [1.165, 1.54) is 0 Å². The number of aromatic nitrogens is 2. The molecule has 0 spiro atoms. The molecule has 1 saturated heterocycles. The molecule has 0 radical (unpaired) electrons. The zero-order chi connectivity index (χ0) is 13.1. The molecule has 2 rings (SSSR count). The van der Waals surface area contributed by atoms with Gasteiger partial charge in [0.2, 0.25) is 11.8 Å². The average Bonchev–Trinajstić information content (AvgIpc) is 2.81. The molecule has 1 aliphatic heterocycles. The Morgan fingerprint density at radius 3 is 3.06 bits per heavy atom. The van der Waals surface area contributed by atoms with Gasteiger partial charge in [0.25, 0.3) is 0 Å². The topological polar surface area (TPSA) is 107 Å². The number of hydrogen-bond donors (Lipinski definition) is 1. The lowest BCUT2D eigenvalue weighted by Crippen LogP contribution is -2.27. The zero-order valence-electron chi connectivity index (χ0n) is 10.1. The van der Waals surface area contributed by atoms with Crippen molar-refractivity contribution in [1.82, 2.24) is 9.97 Å². The normalized spacial score (nSPS) is 18.8. The molecule has 98 valence electrons. The largest absolute Gasteiger partial charge is 0.381 e. The second-order valence-electron chi connectivity index (χ2n) is 4.31. The highest BCUT2D eigenvalue weighted by atomic mass is 16.6. The van der Waals surface area contributed by atoms with Crippen molar-refractivity contribution in [3.63, 3.8) is 0 Å². The van der Waals surface area contributed by atoms with E-state index in [0.29, 0.717) is 11.9 Å². The molecule has 8 nitrogen and oxygen atoms in total. The molecule has 0 amide bonds. The van der Waals surface area contributed by atoms with E-state index in [1.54, 1.807) is 0 Å². The maximum Gasteiger partial charge on any atom is 0.329 e. The van der Waals surface area contributed by atoms with E-state index in [4.69, 9.17) is 10.5 Å². The van der Waals surface area contributed by atoms with Crippen LogP contribution in [0.3, 0.4) is 0 Å². The predicted octanol–water partition coefficient (Wildman–Crippen LogP) is 0.440. The molecule has 1 aliphatic rings. The molecule has 1 atom stereocenters. The van der Waals surface area contributed by atoms with Gasteiger partial charge in [-0.15, -0.1) is 0 Å². The van der Waals surface area contributed by atoms with Gasteiger partial charge >= 0.3 is 5.69 Å². The molecule has 2 N–H and O–H groups in total. The van der Waals surface area contributed by atoms with Gasteiger partial charge < -0.3 is 15.4 Å². The first-order chi connectivity index (χ1) is 8.58. The standard InChI is InChI=1S/C10H15N5O3/c1-14(5-7-2-3-18-6-7)10-12-4-8(15(16)17)9(11)13-10/h4,7H,2-3,5-6H2,1H3,(H2,11,12,13)/t7-/m0/s1. The van der Waals surface area contributed by atoms with Gasteiger partial charge in [0.15, 0.2) is 0 Å². The summed E-state index contributed by atoms with van der Waals surface area (Å²) in [5.74, 6) is 0.722. The van der Waals surface area contributed by atoms with Crippen molar-refractivity contribution in [1.29, 1.82) is 0 Å². The van der Waals surface area contributed by atoms with Gasteiger partial charge in [-0.05, 0) is 6.42 Å². The van der Waals surface area contributed by atoms with Crippen LogP contribution in [-0.4, -0.2) is 41.7 Å². The summed E-state index contributed by atoms with van der Waals surface area (Å²) in [4.78, 5) is 19.7. The van der Waals surface area contributed by atoms with Crippen LogP contribution in [0.15, 0.2) is 6.20 Å². The minimum Gasteiger partial charge on any atom is -0.381 e. The number of hydrogen-bond acceptors (Lipinski definition) is 7. The second-order valence-corrected chi connectivity index (χ2v) is 4.31. The number of ether oxygens (including phenoxy) is 1. The SMILES string of the molecule is CN(C[C@@H]1CCOC1)c1ncc([N+](=O)[O-])c(N)n1. The van der Waals surface area contributed by atoms with Crippen LogP contribution in [0.4, 0.5) is 17.5 Å². The van der Waals surface area contributed by atoms with Gasteiger partial charge in [-0.2, -0.15) is 4.98 Å². The second kappa shape index (κ2) is 5.13. The fourth-order valence-corrected chi connectivity index (χ4v) is 1.90. The van der Waals surface area contributed by atoms with Crippen LogP contribution in [0.5, 0.6) is 0 Å². The molecule has 1 aromatic heterocycles. The van der Waals surface area contributed by atoms with Crippen LogP contribution in [0, 0.1) is 16.0 Å².